The topological polar surface area (TPSA) is 78.9 Å². The standard InChI is InChI=1S/C15H19N5/c1-10-8-13(14(15(16)17)11(2)19-10)20(3)9-12-6-4-5-7-18-12/h4-8H,9H2,1-3H3,(H3,16,17). The van der Waals surface area contributed by atoms with Gasteiger partial charge in [-0.15, -0.1) is 0 Å². The zero-order valence-corrected chi connectivity index (χ0v) is 12.0. The van der Waals surface area contributed by atoms with E-state index in [1.165, 1.54) is 0 Å². The molecule has 0 aromatic carbocycles. The SMILES string of the molecule is Cc1cc(N(C)Cc2ccccn2)c(C(=N)N)c(C)n1. The third kappa shape index (κ3) is 2.93. The van der Waals surface area contributed by atoms with Crippen LogP contribution in [-0.2, 0) is 6.54 Å². The van der Waals surface area contributed by atoms with Gasteiger partial charge in [0.05, 0.1) is 29.2 Å². The van der Waals surface area contributed by atoms with Gasteiger partial charge >= 0.3 is 0 Å². The van der Waals surface area contributed by atoms with Gasteiger partial charge in [0, 0.05) is 18.9 Å². The van der Waals surface area contributed by atoms with Gasteiger partial charge in [0.2, 0.25) is 0 Å². The van der Waals surface area contributed by atoms with Gasteiger partial charge < -0.3 is 10.6 Å². The van der Waals surface area contributed by atoms with Crippen molar-refractivity contribution in [3.05, 3.63) is 53.1 Å². The number of amidine groups is 1. The molecule has 2 aromatic rings. The fraction of sp³-hybridized carbons (Fsp3) is 0.267. The van der Waals surface area contributed by atoms with Gasteiger partial charge in [0.15, 0.2) is 0 Å². The number of rotatable bonds is 4. The molecule has 0 saturated carbocycles. The second-order valence-electron chi connectivity index (χ2n) is 4.83. The zero-order valence-electron chi connectivity index (χ0n) is 12.0. The van der Waals surface area contributed by atoms with Crippen molar-refractivity contribution in [3.8, 4) is 0 Å². The van der Waals surface area contributed by atoms with Crippen LogP contribution in [-0.4, -0.2) is 22.9 Å². The summed E-state index contributed by atoms with van der Waals surface area (Å²) in [5.74, 6) is 0.0397. The highest BCUT2D eigenvalue weighted by atomic mass is 15.1. The largest absolute Gasteiger partial charge is 0.384 e. The number of nitrogens with two attached hydrogens (primary N) is 1. The van der Waals surface area contributed by atoms with Crippen LogP contribution in [0.3, 0.4) is 0 Å². The van der Waals surface area contributed by atoms with Crippen molar-refractivity contribution in [1.82, 2.24) is 9.97 Å². The molecule has 2 aromatic heterocycles. The maximum absolute atomic E-state index is 7.76. The minimum atomic E-state index is 0.0397. The smallest absolute Gasteiger partial charge is 0.126 e. The number of nitrogen functional groups attached to an aromatic ring is 1. The van der Waals surface area contributed by atoms with E-state index in [4.69, 9.17) is 11.1 Å². The van der Waals surface area contributed by atoms with Crippen LogP contribution in [0.2, 0.25) is 0 Å². The lowest BCUT2D eigenvalue weighted by atomic mass is 10.1. The summed E-state index contributed by atoms with van der Waals surface area (Å²) in [7, 11) is 1.97. The number of anilines is 1. The average molecular weight is 269 g/mol. The van der Waals surface area contributed by atoms with Crippen molar-refractivity contribution >= 4 is 11.5 Å². The molecule has 3 N–H and O–H groups in total. The summed E-state index contributed by atoms with van der Waals surface area (Å²) in [5.41, 5.74) is 9.96. The summed E-state index contributed by atoms with van der Waals surface area (Å²) < 4.78 is 0. The number of hydrogen-bond acceptors (Lipinski definition) is 4. The van der Waals surface area contributed by atoms with Gasteiger partial charge in [0.25, 0.3) is 0 Å². The molecule has 0 unspecified atom stereocenters. The molecule has 0 fully saturated rings. The molecule has 0 aliphatic heterocycles. The summed E-state index contributed by atoms with van der Waals surface area (Å²) in [5, 5.41) is 7.76. The summed E-state index contributed by atoms with van der Waals surface area (Å²) >= 11 is 0. The van der Waals surface area contributed by atoms with Crippen molar-refractivity contribution in [2.24, 2.45) is 5.73 Å². The van der Waals surface area contributed by atoms with Crippen molar-refractivity contribution in [2.45, 2.75) is 20.4 Å². The molecule has 5 heteroatoms. The average Bonchev–Trinajstić information content (AvgIpc) is 2.38. The van der Waals surface area contributed by atoms with Gasteiger partial charge in [-0.1, -0.05) is 6.07 Å². The predicted octanol–water partition coefficient (Wildman–Crippen LogP) is 2.01. The van der Waals surface area contributed by atoms with Crippen LogP contribution in [0.25, 0.3) is 0 Å². The molecule has 0 bridgehead atoms. The molecular formula is C15H19N5. The maximum atomic E-state index is 7.76. The van der Waals surface area contributed by atoms with Crippen LogP contribution >= 0.6 is 0 Å². The summed E-state index contributed by atoms with van der Waals surface area (Å²) in [6.07, 6.45) is 1.78. The van der Waals surface area contributed by atoms with Crippen LogP contribution in [0.15, 0.2) is 30.5 Å². The van der Waals surface area contributed by atoms with Crippen molar-refractivity contribution in [2.75, 3.05) is 11.9 Å². The number of hydrogen-bond donors (Lipinski definition) is 2. The summed E-state index contributed by atoms with van der Waals surface area (Å²) in [6, 6.07) is 7.79. The van der Waals surface area contributed by atoms with Gasteiger partial charge in [-0.3, -0.25) is 15.4 Å². The maximum Gasteiger partial charge on any atom is 0.126 e. The number of nitrogens with zero attached hydrogens (tertiary/aromatic N) is 3. The molecule has 2 rings (SSSR count). The quantitative estimate of drug-likeness (QED) is 0.657. The van der Waals surface area contributed by atoms with Crippen LogP contribution in [0.4, 0.5) is 5.69 Å². The Morgan fingerprint density at radius 2 is 2.10 bits per heavy atom. The predicted molar refractivity (Wildman–Crippen MR) is 81.1 cm³/mol. The molecule has 0 radical (unpaired) electrons. The highest BCUT2D eigenvalue weighted by molar-refractivity contribution is 6.01. The highest BCUT2D eigenvalue weighted by Gasteiger charge is 2.15. The molecular weight excluding hydrogens is 250 g/mol. The number of nitrogens with one attached hydrogen (secondary N) is 1. The number of aryl methyl sites for hydroxylation is 2. The first kappa shape index (κ1) is 14.0. The molecule has 5 nitrogen and oxygen atoms in total. The number of pyridine rings is 2. The van der Waals surface area contributed by atoms with E-state index < -0.39 is 0 Å². The fourth-order valence-electron chi connectivity index (χ4n) is 2.26. The monoisotopic (exact) mass is 269 g/mol. The highest BCUT2D eigenvalue weighted by Crippen LogP contribution is 2.23. The molecule has 0 aliphatic carbocycles. The Balaban J connectivity index is 2.38. The van der Waals surface area contributed by atoms with E-state index in [9.17, 15) is 0 Å². The van der Waals surface area contributed by atoms with Crippen LogP contribution in [0.5, 0.6) is 0 Å². The zero-order chi connectivity index (χ0) is 14.7. The van der Waals surface area contributed by atoms with E-state index in [1.54, 1.807) is 6.20 Å². The van der Waals surface area contributed by atoms with E-state index in [2.05, 4.69) is 9.97 Å². The van der Waals surface area contributed by atoms with E-state index in [1.807, 2.05) is 50.1 Å². The van der Waals surface area contributed by atoms with E-state index in [0.717, 1.165) is 22.8 Å². The molecule has 20 heavy (non-hydrogen) atoms. The van der Waals surface area contributed by atoms with E-state index in [-0.39, 0.29) is 5.84 Å². The summed E-state index contributed by atoms with van der Waals surface area (Å²) in [4.78, 5) is 10.7. The summed E-state index contributed by atoms with van der Waals surface area (Å²) in [6.45, 7) is 4.47. The Labute approximate surface area is 119 Å². The van der Waals surface area contributed by atoms with Crippen molar-refractivity contribution in [3.63, 3.8) is 0 Å². The van der Waals surface area contributed by atoms with Crippen molar-refractivity contribution < 1.29 is 0 Å². The van der Waals surface area contributed by atoms with E-state index >= 15 is 0 Å². The molecule has 2 heterocycles. The van der Waals surface area contributed by atoms with Crippen LogP contribution in [0, 0.1) is 19.3 Å². The second-order valence-corrected chi connectivity index (χ2v) is 4.83. The molecule has 0 atom stereocenters. The Bertz CT molecular complexity index is 622. The van der Waals surface area contributed by atoms with Gasteiger partial charge in [-0.25, -0.2) is 0 Å². The lowest BCUT2D eigenvalue weighted by molar-refractivity contribution is 0.877. The first-order valence-corrected chi connectivity index (χ1v) is 6.42. The minimum Gasteiger partial charge on any atom is -0.384 e. The van der Waals surface area contributed by atoms with Crippen molar-refractivity contribution in [1.29, 1.82) is 5.41 Å². The molecule has 0 saturated heterocycles. The van der Waals surface area contributed by atoms with Crippen LogP contribution < -0.4 is 10.6 Å². The Hall–Kier alpha value is -2.43. The van der Waals surface area contributed by atoms with E-state index in [0.29, 0.717) is 12.1 Å². The third-order valence-corrected chi connectivity index (χ3v) is 3.11. The number of aromatic nitrogens is 2. The Morgan fingerprint density at radius 1 is 1.35 bits per heavy atom. The molecule has 0 aliphatic rings. The minimum absolute atomic E-state index is 0.0397. The Morgan fingerprint density at radius 3 is 2.70 bits per heavy atom. The lowest BCUT2D eigenvalue weighted by Gasteiger charge is -2.23. The molecule has 0 amide bonds. The van der Waals surface area contributed by atoms with Gasteiger partial charge in [0.1, 0.15) is 5.84 Å². The first-order valence-electron chi connectivity index (χ1n) is 6.42. The molecule has 0 spiro atoms. The second kappa shape index (κ2) is 5.69. The first-order chi connectivity index (χ1) is 9.49. The van der Waals surface area contributed by atoms with Gasteiger partial charge in [-0.05, 0) is 32.0 Å². The van der Waals surface area contributed by atoms with Gasteiger partial charge in [-0.2, -0.15) is 0 Å². The third-order valence-electron chi connectivity index (χ3n) is 3.11. The fourth-order valence-corrected chi connectivity index (χ4v) is 2.26. The normalized spacial score (nSPS) is 10.3. The molecule has 104 valence electrons. The lowest BCUT2D eigenvalue weighted by Crippen LogP contribution is -2.24. The van der Waals surface area contributed by atoms with Crippen LogP contribution in [0.1, 0.15) is 22.6 Å². The Kier molecular flexibility index (Phi) is 3.98.